The topological polar surface area (TPSA) is 23.8 Å². The summed E-state index contributed by atoms with van der Waals surface area (Å²) in [6.07, 6.45) is 8.17. The molecule has 2 bridgehead atoms. The van der Waals surface area contributed by atoms with Crippen molar-refractivity contribution in [2.75, 3.05) is 0 Å². The molecule has 0 radical (unpaired) electrons. The predicted octanol–water partition coefficient (Wildman–Crippen LogP) is 2.11. The molecule has 0 spiro atoms. The monoisotopic (exact) mass is 165 g/mol. The Labute approximate surface area is 71.0 Å². The van der Waals surface area contributed by atoms with Gasteiger partial charge in [0, 0.05) is 11.8 Å². The number of allylic oxidation sites excluding steroid dienone is 4. The molecule has 2 heteroatoms. The summed E-state index contributed by atoms with van der Waals surface area (Å²) in [6.45, 7) is 0. The Hall–Kier alpha value is -0.740. The molecule has 4 atom stereocenters. The number of hydrogen-bond donors (Lipinski definition) is 0. The normalized spacial score (nSPS) is 45.8. The first-order valence-electron chi connectivity index (χ1n) is 3.73. The molecule has 0 aromatic rings. The van der Waals surface area contributed by atoms with Crippen LogP contribution in [-0.2, 0) is 0 Å². The van der Waals surface area contributed by atoms with E-state index in [0.717, 1.165) is 0 Å². The standard InChI is InChI=1S/C9H8ClN/c10-9-4-2-6-1-3-7(9)8(6)5-11/h1-4,6-9H. The number of fused-ring (bicyclic) bond motifs is 2. The maximum absolute atomic E-state index is 8.81. The van der Waals surface area contributed by atoms with E-state index in [1.807, 2.05) is 12.2 Å². The molecule has 56 valence electrons. The van der Waals surface area contributed by atoms with Crippen molar-refractivity contribution in [1.29, 1.82) is 5.26 Å². The predicted molar refractivity (Wildman–Crippen MR) is 44.0 cm³/mol. The van der Waals surface area contributed by atoms with Gasteiger partial charge in [-0.15, -0.1) is 11.6 Å². The van der Waals surface area contributed by atoms with Crippen LogP contribution in [0, 0.1) is 29.1 Å². The molecule has 0 saturated heterocycles. The van der Waals surface area contributed by atoms with Gasteiger partial charge < -0.3 is 0 Å². The molecule has 0 amide bonds. The molecule has 4 unspecified atom stereocenters. The maximum Gasteiger partial charge on any atom is 0.0672 e. The number of alkyl halides is 1. The molecule has 2 aliphatic rings. The molecule has 2 aliphatic carbocycles. The van der Waals surface area contributed by atoms with E-state index in [9.17, 15) is 0 Å². The number of nitrogens with zero attached hydrogens (tertiary/aromatic N) is 1. The molecule has 0 aromatic carbocycles. The number of rotatable bonds is 0. The highest BCUT2D eigenvalue weighted by Gasteiger charge is 2.36. The summed E-state index contributed by atoms with van der Waals surface area (Å²) in [5.74, 6) is 0.652. The lowest BCUT2D eigenvalue weighted by Crippen LogP contribution is -2.24. The fraction of sp³-hybridized carbons (Fsp3) is 0.444. The Morgan fingerprint density at radius 2 is 1.91 bits per heavy atom. The highest BCUT2D eigenvalue weighted by atomic mass is 35.5. The van der Waals surface area contributed by atoms with Crippen molar-refractivity contribution in [3.8, 4) is 6.07 Å². The third-order valence-electron chi connectivity index (χ3n) is 2.42. The van der Waals surface area contributed by atoms with Crippen molar-refractivity contribution in [3.05, 3.63) is 24.3 Å². The first kappa shape index (κ1) is 6.94. The van der Waals surface area contributed by atoms with E-state index in [1.54, 1.807) is 0 Å². The van der Waals surface area contributed by atoms with Gasteiger partial charge in [-0.1, -0.05) is 24.3 Å². The Morgan fingerprint density at radius 1 is 1.18 bits per heavy atom. The van der Waals surface area contributed by atoms with E-state index in [4.69, 9.17) is 16.9 Å². The number of nitriles is 1. The quantitative estimate of drug-likeness (QED) is 0.399. The summed E-state index contributed by atoms with van der Waals surface area (Å²) < 4.78 is 0. The van der Waals surface area contributed by atoms with Crippen molar-refractivity contribution in [2.45, 2.75) is 5.38 Å². The van der Waals surface area contributed by atoms with Crippen molar-refractivity contribution in [1.82, 2.24) is 0 Å². The summed E-state index contributed by atoms with van der Waals surface area (Å²) in [7, 11) is 0. The van der Waals surface area contributed by atoms with E-state index in [2.05, 4.69) is 18.2 Å². The van der Waals surface area contributed by atoms with E-state index in [1.165, 1.54) is 0 Å². The molecule has 11 heavy (non-hydrogen) atoms. The van der Waals surface area contributed by atoms with E-state index in [0.29, 0.717) is 5.92 Å². The SMILES string of the molecule is N#CC1C2C=CC(Cl)C1C=C2. The van der Waals surface area contributed by atoms with Crippen LogP contribution >= 0.6 is 11.6 Å². The molecule has 0 heterocycles. The second-order valence-electron chi connectivity index (χ2n) is 3.02. The lowest BCUT2D eigenvalue weighted by Gasteiger charge is -2.23. The fourth-order valence-electron chi connectivity index (χ4n) is 1.78. The summed E-state index contributed by atoms with van der Waals surface area (Å²) in [5.41, 5.74) is 0. The van der Waals surface area contributed by atoms with Gasteiger partial charge in [0.2, 0.25) is 0 Å². The minimum atomic E-state index is 0.0228. The molecule has 0 N–H and O–H groups in total. The average molecular weight is 166 g/mol. The van der Waals surface area contributed by atoms with Crippen LogP contribution in [0.15, 0.2) is 24.3 Å². The lowest BCUT2D eigenvalue weighted by atomic mass is 9.83. The third kappa shape index (κ3) is 0.902. The molecular weight excluding hydrogens is 158 g/mol. The van der Waals surface area contributed by atoms with Gasteiger partial charge in [0.15, 0.2) is 0 Å². The minimum absolute atomic E-state index is 0.0228. The molecule has 0 saturated carbocycles. The largest absolute Gasteiger partial charge is 0.198 e. The fourth-order valence-corrected chi connectivity index (χ4v) is 2.10. The molecule has 0 aromatic heterocycles. The van der Waals surface area contributed by atoms with Crippen LogP contribution in [0.4, 0.5) is 0 Å². The minimum Gasteiger partial charge on any atom is -0.198 e. The number of hydrogen-bond acceptors (Lipinski definition) is 1. The van der Waals surface area contributed by atoms with Crippen LogP contribution in [-0.4, -0.2) is 5.38 Å². The second-order valence-corrected chi connectivity index (χ2v) is 3.53. The average Bonchev–Trinajstić information content (AvgIpc) is 2.34. The Balaban J connectivity index is 2.34. The summed E-state index contributed by atoms with van der Waals surface area (Å²) in [4.78, 5) is 0. The smallest absolute Gasteiger partial charge is 0.0672 e. The Morgan fingerprint density at radius 3 is 2.55 bits per heavy atom. The number of halogens is 1. The zero-order chi connectivity index (χ0) is 7.84. The van der Waals surface area contributed by atoms with Crippen LogP contribution in [0.1, 0.15) is 0 Å². The Bertz CT molecular complexity index is 261. The van der Waals surface area contributed by atoms with E-state index < -0.39 is 0 Å². The van der Waals surface area contributed by atoms with E-state index in [-0.39, 0.29) is 17.2 Å². The van der Waals surface area contributed by atoms with Gasteiger partial charge in [-0.2, -0.15) is 5.26 Å². The van der Waals surface area contributed by atoms with Gasteiger partial charge >= 0.3 is 0 Å². The van der Waals surface area contributed by atoms with Crippen LogP contribution in [0.2, 0.25) is 0 Å². The van der Waals surface area contributed by atoms with Crippen molar-refractivity contribution in [2.24, 2.45) is 17.8 Å². The molecule has 2 rings (SSSR count). The van der Waals surface area contributed by atoms with Gasteiger partial charge in [0.25, 0.3) is 0 Å². The third-order valence-corrected chi connectivity index (χ3v) is 2.86. The van der Waals surface area contributed by atoms with Crippen LogP contribution in [0.25, 0.3) is 0 Å². The second kappa shape index (κ2) is 2.39. The van der Waals surface area contributed by atoms with Crippen LogP contribution in [0.3, 0.4) is 0 Å². The first-order chi connectivity index (χ1) is 5.33. The van der Waals surface area contributed by atoms with Crippen molar-refractivity contribution < 1.29 is 0 Å². The molecule has 0 aliphatic heterocycles. The van der Waals surface area contributed by atoms with E-state index >= 15 is 0 Å². The highest BCUT2D eigenvalue weighted by Crippen LogP contribution is 2.39. The zero-order valence-electron chi connectivity index (χ0n) is 5.94. The highest BCUT2D eigenvalue weighted by molar-refractivity contribution is 6.22. The van der Waals surface area contributed by atoms with Crippen molar-refractivity contribution >= 4 is 11.6 Å². The van der Waals surface area contributed by atoms with Crippen LogP contribution in [0.5, 0.6) is 0 Å². The molecule has 1 nitrogen and oxygen atoms in total. The van der Waals surface area contributed by atoms with Gasteiger partial charge in [0.05, 0.1) is 17.4 Å². The summed E-state index contributed by atoms with van der Waals surface area (Å²) >= 11 is 5.99. The van der Waals surface area contributed by atoms with Crippen molar-refractivity contribution in [3.63, 3.8) is 0 Å². The summed E-state index contributed by atoms with van der Waals surface area (Å²) in [5, 5.41) is 8.83. The first-order valence-corrected chi connectivity index (χ1v) is 4.17. The lowest BCUT2D eigenvalue weighted by molar-refractivity contribution is 0.452. The van der Waals surface area contributed by atoms with Gasteiger partial charge in [-0.05, 0) is 0 Å². The molecule has 0 fully saturated rings. The maximum atomic E-state index is 8.81. The zero-order valence-corrected chi connectivity index (χ0v) is 6.70. The van der Waals surface area contributed by atoms with Gasteiger partial charge in [0.1, 0.15) is 0 Å². The van der Waals surface area contributed by atoms with Gasteiger partial charge in [-0.25, -0.2) is 0 Å². The van der Waals surface area contributed by atoms with Gasteiger partial charge in [-0.3, -0.25) is 0 Å². The van der Waals surface area contributed by atoms with Crippen LogP contribution < -0.4 is 0 Å². The molecular formula is C9H8ClN. The summed E-state index contributed by atoms with van der Waals surface area (Å²) in [6, 6.07) is 2.30. The Kier molecular flexibility index (Phi) is 1.51.